The summed E-state index contributed by atoms with van der Waals surface area (Å²) in [6, 6.07) is 2.20. The van der Waals surface area contributed by atoms with Crippen LogP contribution in [-0.2, 0) is 6.54 Å². The van der Waals surface area contributed by atoms with Gasteiger partial charge in [-0.15, -0.1) is 0 Å². The van der Waals surface area contributed by atoms with Gasteiger partial charge in [-0.1, -0.05) is 0 Å². The highest BCUT2D eigenvalue weighted by molar-refractivity contribution is 5.21. The van der Waals surface area contributed by atoms with E-state index in [1.165, 1.54) is 56.6 Å². The first kappa shape index (κ1) is 15.3. The minimum absolute atomic E-state index is 0.605. The van der Waals surface area contributed by atoms with Crippen LogP contribution in [0.5, 0.6) is 0 Å². The van der Waals surface area contributed by atoms with Crippen LogP contribution in [0.3, 0.4) is 0 Å². The maximum absolute atomic E-state index is 4.23. The van der Waals surface area contributed by atoms with Crippen LogP contribution in [0.1, 0.15) is 49.7 Å². The molecule has 0 radical (unpaired) electrons. The number of aromatic nitrogens is 1. The molecular formula is C21H31N3. The second-order valence-electron chi connectivity index (χ2n) is 9.21. The second kappa shape index (κ2) is 5.81. The van der Waals surface area contributed by atoms with Crippen LogP contribution in [0.15, 0.2) is 18.5 Å². The standard InChI is InChI=1S/C21H31N3/c1-16-14-22-3-2-20(16)15-23-4-6-24(7-5-23)21-11-17-8-18(12-21)10-19(9-17)13-21/h2-3,14,17-19H,4-13,15H2,1H3. The lowest BCUT2D eigenvalue weighted by molar-refractivity contribution is -0.101. The van der Waals surface area contributed by atoms with Gasteiger partial charge in [0.2, 0.25) is 0 Å². The molecule has 6 rings (SSSR count). The van der Waals surface area contributed by atoms with E-state index in [0.29, 0.717) is 5.54 Å². The Labute approximate surface area is 146 Å². The summed E-state index contributed by atoms with van der Waals surface area (Å²) < 4.78 is 0. The lowest BCUT2D eigenvalue weighted by atomic mass is 9.52. The van der Waals surface area contributed by atoms with Crippen molar-refractivity contribution in [1.29, 1.82) is 0 Å². The lowest BCUT2D eigenvalue weighted by Gasteiger charge is -2.61. The van der Waals surface area contributed by atoms with E-state index in [0.717, 1.165) is 24.3 Å². The number of pyridine rings is 1. The Hall–Kier alpha value is -0.930. The summed E-state index contributed by atoms with van der Waals surface area (Å²) in [7, 11) is 0. The van der Waals surface area contributed by atoms with Gasteiger partial charge in [-0.05, 0) is 80.4 Å². The van der Waals surface area contributed by atoms with Gasteiger partial charge in [0.25, 0.3) is 0 Å². The predicted molar refractivity (Wildman–Crippen MR) is 96.7 cm³/mol. The van der Waals surface area contributed by atoms with Crippen molar-refractivity contribution in [2.24, 2.45) is 17.8 Å². The SMILES string of the molecule is Cc1cnccc1CN1CCN(C23CC4CC(CC(C4)C2)C3)CC1. The van der Waals surface area contributed by atoms with Crippen molar-refractivity contribution < 1.29 is 0 Å². The first-order chi connectivity index (χ1) is 11.7. The number of aryl methyl sites for hydroxylation is 1. The van der Waals surface area contributed by atoms with Gasteiger partial charge < -0.3 is 0 Å². The summed E-state index contributed by atoms with van der Waals surface area (Å²) in [6.45, 7) is 8.34. The molecule has 5 fully saturated rings. The summed E-state index contributed by atoms with van der Waals surface area (Å²) in [5.74, 6) is 3.19. The molecule has 2 heterocycles. The Balaban J connectivity index is 1.24. The monoisotopic (exact) mass is 325 g/mol. The summed E-state index contributed by atoms with van der Waals surface area (Å²) >= 11 is 0. The van der Waals surface area contributed by atoms with Crippen molar-refractivity contribution in [2.75, 3.05) is 26.2 Å². The summed E-state index contributed by atoms with van der Waals surface area (Å²) in [4.78, 5) is 9.81. The summed E-state index contributed by atoms with van der Waals surface area (Å²) in [6.07, 6.45) is 13.2. The van der Waals surface area contributed by atoms with E-state index in [-0.39, 0.29) is 0 Å². The number of nitrogens with zero attached hydrogens (tertiary/aromatic N) is 3. The molecule has 0 atom stereocenters. The minimum atomic E-state index is 0.605. The highest BCUT2D eigenvalue weighted by Gasteiger charge is 2.53. The highest BCUT2D eigenvalue weighted by atomic mass is 15.3. The smallest absolute Gasteiger partial charge is 0.0300 e. The topological polar surface area (TPSA) is 19.4 Å². The molecule has 1 aromatic heterocycles. The molecule has 3 nitrogen and oxygen atoms in total. The van der Waals surface area contributed by atoms with Crippen LogP contribution >= 0.6 is 0 Å². The number of hydrogen-bond donors (Lipinski definition) is 0. The molecule has 130 valence electrons. The number of rotatable bonds is 3. The maximum Gasteiger partial charge on any atom is 0.0300 e. The fourth-order valence-corrected chi connectivity index (χ4v) is 6.75. The molecule has 0 N–H and O–H groups in total. The summed E-state index contributed by atoms with van der Waals surface area (Å²) in [5.41, 5.74) is 3.39. The molecule has 0 spiro atoms. The van der Waals surface area contributed by atoms with E-state index < -0.39 is 0 Å². The Bertz CT molecular complexity index is 568. The molecule has 4 aliphatic carbocycles. The molecule has 4 bridgehead atoms. The van der Waals surface area contributed by atoms with Gasteiger partial charge in [0.1, 0.15) is 0 Å². The van der Waals surface area contributed by atoms with Crippen LogP contribution in [-0.4, -0.2) is 46.5 Å². The zero-order valence-electron chi connectivity index (χ0n) is 15.1. The van der Waals surface area contributed by atoms with Gasteiger partial charge in [0.05, 0.1) is 0 Å². The highest BCUT2D eigenvalue weighted by Crippen LogP contribution is 2.57. The van der Waals surface area contributed by atoms with Gasteiger partial charge in [-0.25, -0.2) is 0 Å². The van der Waals surface area contributed by atoms with E-state index in [2.05, 4.69) is 27.8 Å². The molecule has 5 aliphatic rings. The van der Waals surface area contributed by atoms with E-state index >= 15 is 0 Å². The molecule has 1 aliphatic heterocycles. The fourth-order valence-electron chi connectivity index (χ4n) is 6.75. The molecule has 24 heavy (non-hydrogen) atoms. The Morgan fingerprint density at radius 3 is 2.21 bits per heavy atom. The van der Waals surface area contributed by atoms with Crippen molar-refractivity contribution in [3.63, 3.8) is 0 Å². The zero-order chi connectivity index (χ0) is 16.1. The Morgan fingerprint density at radius 2 is 1.62 bits per heavy atom. The molecule has 0 unspecified atom stereocenters. The van der Waals surface area contributed by atoms with Crippen molar-refractivity contribution in [3.8, 4) is 0 Å². The largest absolute Gasteiger partial charge is 0.297 e. The van der Waals surface area contributed by atoms with Gasteiger partial charge in [0, 0.05) is 50.7 Å². The number of piperazine rings is 1. The third kappa shape index (κ3) is 2.61. The number of hydrogen-bond acceptors (Lipinski definition) is 3. The van der Waals surface area contributed by atoms with Gasteiger partial charge in [-0.2, -0.15) is 0 Å². The zero-order valence-corrected chi connectivity index (χ0v) is 15.1. The van der Waals surface area contributed by atoms with E-state index in [1.807, 2.05) is 12.4 Å². The van der Waals surface area contributed by atoms with E-state index in [9.17, 15) is 0 Å². The third-order valence-corrected chi connectivity index (χ3v) is 7.58. The second-order valence-corrected chi connectivity index (χ2v) is 9.21. The first-order valence-corrected chi connectivity index (χ1v) is 10.1. The lowest BCUT2D eigenvalue weighted by Crippen LogP contribution is -2.63. The van der Waals surface area contributed by atoms with Crippen LogP contribution in [0.4, 0.5) is 0 Å². The first-order valence-electron chi connectivity index (χ1n) is 10.1. The summed E-state index contributed by atoms with van der Waals surface area (Å²) in [5, 5.41) is 0. The van der Waals surface area contributed by atoms with Gasteiger partial charge in [-0.3, -0.25) is 14.8 Å². The Kier molecular flexibility index (Phi) is 3.71. The third-order valence-electron chi connectivity index (χ3n) is 7.58. The van der Waals surface area contributed by atoms with Crippen LogP contribution in [0, 0.1) is 24.7 Å². The van der Waals surface area contributed by atoms with Crippen molar-refractivity contribution >= 4 is 0 Å². The van der Waals surface area contributed by atoms with Gasteiger partial charge >= 0.3 is 0 Å². The maximum atomic E-state index is 4.23. The van der Waals surface area contributed by atoms with Crippen molar-refractivity contribution in [1.82, 2.24) is 14.8 Å². The van der Waals surface area contributed by atoms with Gasteiger partial charge in [0.15, 0.2) is 0 Å². The van der Waals surface area contributed by atoms with Crippen molar-refractivity contribution in [2.45, 2.75) is 57.5 Å². The quantitative estimate of drug-likeness (QED) is 0.848. The molecule has 0 amide bonds. The van der Waals surface area contributed by atoms with Crippen LogP contribution in [0.2, 0.25) is 0 Å². The van der Waals surface area contributed by atoms with Crippen molar-refractivity contribution in [3.05, 3.63) is 29.6 Å². The minimum Gasteiger partial charge on any atom is -0.297 e. The predicted octanol–water partition coefficient (Wildman–Crippen LogP) is 3.48. The van der Waals surface area contributed by atoms with Crippen LogP contribution < -0.4 is 0 Å². The molecule has 1 saturated heterocycles. The molecular weight excluding hydrogens is 294 g/mol. The molecule has 1 aromatic rings. The van der Waals surface area contributed by atoms with Crippen LogP contribution in [0.25, 0.3) is 0 Å². The normalized spacial score (nSPS) is 39.5. The average Bonchev–Trinajstić information content (AvgIpc) is 2.56. The molecule has 3 heteroatoms. The van der Waals surface area contributed by atoms with E-state index in [4.69, 9.17) is 0 Å². The van der Waals surface area contributed by atoms with E-state index in [1.54, 1.807) is 19.3 Å². The Morgan fingerprint density at radius 1 is 1.00 bits per heavy atom. The fraction of sp³-hybridized carbons (Fsp3) is 0.762. The average molecular weight is 326 g/mol. The molecule has 0 aromatic carbocycles. The molecule has 4 saturated carbocycles.